The van der Waals surface area contributed by atoms with Crippen LogP contribution in [0.5, 0.6) is 0 Å². The Balaban J connectivity index is 1.49. The van der Waals surface area contributed by atoms with Crippen LogP contribution in [-0.4, -0.2) is 88.2 Å². The van der Waals surface area contributed by atoms with E-state index in [1.165, 1.54) is 18.2 Å². The number of carbonyl (C=O) groups excluding carboxylic acids is 1. The Hall–Kier alpha value is -0.680. The molecule has 4 heterocycles. The molecule has 0 aliphatic carbocycles. The van der Waals surface area contributed by atoms with Crippen LogP contribution in [0.2, 0.25) is 0 Å². The summed E-state index contributed by atoms with van der Waals surface area (Å²) in [4.78, 5) is 13.6. The van der Waals surface area contributed by atoms with Crippen LogP contribution in [-0.2, 0) is 14.3 Å². The van der Waals surface area contributed by atoms with E-state index in [9.17, 15) is 20.1 Å². The van der Waals surface area contributed by atoms with Gasteiger partial charge in [-0.1, -0.05) is 32.9 Å². The number of hydrogen-bond donors (Lipinski definition) is 5. The zero-order chi connectivity index (χ0) is 25.1. The number of aliphatic hydroxyl groups is 3. The number of allylic oxidation sites excluding steroid dienone is 1. The Kier molecular flexibility index (Phi) is 9.57. The lowest BCUT2D eigenvalue weighted by molar-refractivity contribution is -0.207. The maximum Gasteiger partial charge on any atom is 0.240 e. The fourth-order valence-electron chi connectivity index (χ4n) is 6.18. The van der Waals surface area contributed by atoms with Crippen LogP contribution >= 0.6 is 11.8 Å². The number of carbonyl (C=O) groups is 1. The molecule has 0 aromatic rings. The first kappa shape index (κ1) is 27.4. The molecule has 35 heavy (non-hydrogen) atoms. The molecule has 4 aliphatic heterocycles. The van der Waals surface area contributed by atoms with Crippen LogP contribution in [0.1, 0.15) is 52.9 Å². The Labute approximate surface area is 213 Å². The first-order valence-corrected chi connectivity index (χ1v) is 14.4. The second kappa shape index (κ2) is 12.2. The van der Waals surface area contributed by atoms with Crippen molar-refractivity contribution in [3.63, 3.8) is 0 Å². The number of aliphatic hydroxyl groups excluding tert-OH is 3. The van der Waals surface area contributed by atoms with Gasteiger partial charge in [0.15, 0.2) is 0 Å². The molecule has 0 unspecified atom stereocenters. The van der Waals surface area contributed by atoms with Crippen molar-refractivity contribution < 1.29 is 29.6 Å². The predicted octanol–water partition coefficient (Wildman–Crippen LogP) is 1.43. The SMILES string of the molecule is CC(C)C[C@@H]1CCO[C@@H]2[C@H](CN[C@@H]2C(=O)N[C@H]2[C@H]3O[C@H](SCCCC=C[C@H]2C)[C@H](O)[C@@H](O)[C@H]3O)C1. The maximum atomic E-state index is 13.6. The van der Waals surface area contributed by atoms with Gasteiger partial charge >= 0.3 is 0 Å². The molecular formula is C26H44N2O6S. The Bertz CT molecular complexity index is 739. The third-order valence-corrected chi connectivity index (χ3v) is 9.27. The summed E-state index contributed by atoms with van der Waals surface area (Å²) in [5.41, 5.74) is -0.653. The summed E-state index contributed by atoms with van der Waals surface area (Å²) in [5, 5.41) is 38.4. The van der Waals surface area contributed by atoms with Gasteiger partial charge in [0.2, 0.25) is 5.91 Å². The van der Waals surface area contributed by atoms with Crippen molar-refractivity contribution >= 4 is 17.7 Å². The number of fused-ring (bicyclic) bond motifs is 3. The molecule has 2 bridgehead atoms. The molecule has 4 rings (SSSR count). The molecule has 3 fully saturated rings. The second-order valence-corrected chi connectivity index (χ2v) is 12.5. The summed E-state index contributed by atoms with van der Waals surface area (Å²) in [5.74, 6) is 2.05. The lowest BCUT2D eigenvalue weighted by Crippen LogP contribution is -2.65. The third kappa shape index (κ3) is 6.43. The molecule has 11 atom stereocenters. The van der Waals surface area contributed by atoms with Gasteiger partial charge in [-0.2, -0.15) is 0 Å². The molecule has 0 radical (unpaired) electrons. The van der Waals surface area contributed by atoms with Gasteiger partial charge in [-0.3, -0.25) is 4.79 Å². The minimum absolute atomic E-state index is 0.132. The van der Waals surface area contributed by atoms with E-state index >= 15 is 0 Å². The fourth-order valence-corrected chi connectivity index (χ4v) is 7.31. The number of thioether (sulfide) groups is 1. The summed E-state index contributed by atoms with van der Waals surface area (Å²) in [6, 6.07) is -1.02. The predicted molar refractivity (Wildman–Crippen MR) is 136 cm³/mol. The van der Waals surface area contributed by atoms with E-state index in [4.69, 9.17) is 9.47 Å². The van der Waals surface area contributed by atoms with Crippen LogP contribution in [0, 0.1) is 23.7 Å². The fraction of sp³-hybridized carbons (Fsp3) is 0.885. The van der Waals surface area contributed by atoms with Crippen molar-refractivity contribution in [3.8, 4) is 0 Å². The van der Waals surface area contributed by atoms with Crippen molar-refractivity contribution in [2.24, 2.45) is 23.7 Å². The molecule has 3 saturated heterocycles. The van der Waals surface area contributed by atoms with Gasteiger partial charge in [-0.25, -0.2) is 0 Å². The van der Waals surface area contributed by atoms with E-state index in [0.29, 0.717) is 24.4 Å². The first-order chi connectivity index (χ1) is 16.8. The summed E-state index contributed by atoms with van der Waals surface area (Å²) < 4.78 is 12.4. The zero-order valence-corrected chi connectivity index (χ0v) is 22.0. The van der Waals surface area contributed by atoms with Gasteiger partial charge in [0.1, 0.15) is 35.9 Å². The smallest absolute Gasteiger partial charge is 0.240 e. The minimum atomic E-state index is -1.33. The van der Waals surface area contributed by atoms with Crippen molar-refractivity contribution in [1.82, 2.24) is 10.6 Å². The van der Waals surface area contributed by atoms with Gasteiger partial charge in [-0.15, -0.1) is 11.8 Å². The van der Waals surface area contributed by atoms with Gasteiger partial charge in [-0.05, 0) is 61.5 Å². The zero-order valence-electron chi connectivity index (χ0n) is 21.2. The highest BCUT2D eigenvalue weighted by atomic mass is 32.2. The van der Waals surface area contributed by atoms with Crippen LogP contribution in [0.4, 0.5) is 0 Å². The highest BCUT2D eigenvalue weighted by Crippen LogP contribution is 2.35. The third-order valence-electron chi connectivity index (χ3n) is 8.03. The topological polar surface area (TPSA) is 120 Å². The number of nitrogens with one attached hydrogen (secondary N) is 2. The number of hydrogen-bond acceptors (Lipinski definition) is 8. The van der Waals surface area contributed by atoms with E-state index in [1.807, 2.05) is 13.0 Å². The quantitative estimate of drug-likeness (QED) is 0.359. The monoisotopic (exact) mass is 512 g/mol. The molecule has 0 saturated carbocycles. The molecule has 4 aliphatic rings. The van der Waals surface area contributed by atoms with E-state index in [2.05, 4.69) is 30.6 Å². The number of rotatable bonds is 4. The van der Waals surface area contributed by atoms with Crippen molar-refractivity contribution in [1.29, 1.82) is 0 Å². The molecule has 9 heteroatoms. The lowest BCUT2D eigenvalue weighted by Gasteiger charge is -2.44. The highest BCUT2D eigenvalue weighted by molar-refractivity contribution is 7.99. The summed E-state index contributed by atoms with van der Waals surface area (Å²) in [6.07, 6.45) is 4.41. The standard InChI is InChI=1S/C26H44N2O6S/c1-14(2)11-16-8-9-33-23-17(12-16)13-27-19(23)25(32)28-18-15(3)7-5-4-6-10-35-26-22(31)20(29)21(30)24(18)34-26/h5,7,14-24,26-27,29-31H,4,6,8-13H2,1-3H3,(H,28,32)/t15-,16+,17+,18-,19+,20+,21-,22-,23-,24-,26-/m1/s1. The molecule has 5 N–H and O–H groups in total. The van der Waals surface area contributed by atoms with Gasteiger partial charge in [0.05, 0.1) is 12.1 Å². The van der Waals surface area contributed by atoms with Crippen molar-refractivity contribution in [3.05, 3.63) is 12.2 Å². The molecule has 200 valence electrons. The van der Waals surface area contributed by atoms with Crippen LogP contribution in [0.25, 0.3) is 0 Å². The van der Waals surface area contributed by atoms with Crippen LogP contribution < -0.4 is 10.6 Å². The second-order valence-electron chi connectivity index (χ2n) is 11.3. The Morgan fingerprint density at radius 1 is 1.20 bits per heavy atom. The normalized spacial score (nSPS) is 44.8. The number of amides is 1. The molecule has 0 spiro atoms. The average molecular weight is 513 g/mol. The van der Waals surface area contributed by atoms with Crippen LogP contribution in [0.15, 0.2) is 12.2 Å². The van der Waals surface area contributed by atoms with Gasteiger partial charge in [0.25, 0.3) is 0 Å². The van der Waals surface area contributed by atoms with E-state index in [1.54, 1.807) is 0 Å². The highest BCUT2D eigenvalue weighted by Gasteiger charge is 2.49. The molecule has 8 nitrogen and oxygen atoms in total. The molecule has 0 aromatic heterocycles. The van der Waals surface area contributed by atoms with Crippen molar-refractivity contribution in [2.45, 2.75) is 101 Å². The molecule has 1 amide bonds. The molecular weight excluding hydrogens is 468 g/mol. The Morgan fingerprint density at radius 3 is 2.77 bits per heavy atom. The largest absolute Gasteiger partial charge is 0.388 e. The Morgan fingerprint density at radius 2 is 2.00 bits per heavy atom. The number of ether oxygens (including phenoxy) is 2. The average Bonchev–Trinajstić information content (AvgIpc) is 3.09. The summed E-state index contributed by atoms with van der Waals surface area (Å²) >= 11 is 1.44. The molecule has 0 aromatic carbocycles. The summed E-state index contributed by atoms with van der Waals surface area (Å²) in [6.45, 7) is 7.91. The lowest BCUT2D eigenvalue weighted by atomic mass is 9.85. The van der Waals surface area contributed by atoms with E-state index in [-0.39, 0.29) is 17.9 Å². The van der Waals surface area contributed by atoms with Gasteiger partial charge in [0, 0.05) is 13.2 Å². The van der Waals surface area contributed by atoms with E-state index in [0.717, 1.165) is 38.0 Å². The summed E-state index contributed by atoms with van der Waals surface area (Å²) in [7, 11) is 0. The van der Waals surface area contributed by atoms with Crippen LogP contribution in [0.3, 0.4) is 0 Å². The maximum absolute atomic E-state index is 13.6. The van der Waals surface area contributed by atoms with Crippen molar-refractivity contribution in [2.75, 3.05) is 18.9 Å². The first-order valence-electron chi connectivity index (χ1n) is 13.4. The minimum Gasteiger partial charge on any atom is -0.388 e. The van der Waals surface area contributed by atoms with Gasteiger partial charge < -0.3 is 35.4 Å². The van der Waals surface area contributed by atoms with E-state index < -0.39 is 41.9 Å².